The van der Waals surface area contributed by atoms with Gasteiger partial charge in [0.1, 0.15) is 0 Å². The van der Waals surface area contributed by atoms with Crippen LogP contribution in [0.5, 0.6) is 0 Å². The molecule has 0 saturated carbocycles. The number of halogens is 1. The number of amides is 2. The molecule has 1 atom stereocenters. The molecule has 3 rings (SSSR count). The monoisotopic (exact) mass is 350 g/mol. The van der Waals surface area contributed by atoms with Crippen LogP contribution in [0, 0.1) is 5.92 Å². The van der Waals surface area contributed by atoms with Crippen LogP contribution in [-0.4, -0.2) is 35.8 Å². The molecule has 2 aliphatic heterocycles. The molecule has 1 aromatic rings. The highest BCUT2D eigenvalue weighted by Gasteiger charge is 2.43. The van der Waals surface area contributed by atoms with Crippen molar-refractivity contribution in [3.63, 3.8) is 0 Å². The average Bonchev–Trinajstić information content (AvgIpc) is 2.75. The predicted octanol–water partition coefficient (Wildman–Crippen LogP) is 2.81. The molecule has 0 spiro atoms. The lowest BCUT2D eigenvalue weighted by atomic mass is 9.97. The molecule has 0 aromatic heterocycles. The molecule has 2 aliphatic rings. The van der Waals surface area contributed by atoms with Gasteiger partial charge in [-0.25, -0.2) is 4.90 Å². The van der Waals surface area contributed by atoms with Gasteiger partial charge in [-0.1, -0.05) is 28.9 Å². The summed E-state index contributed by atoms with van der Waals surface area (Å²) in [6.07, 6.45) is 2.52. The largest absolute Gasteiger partial charge is 0.292 e. The number of carbonyl (C=O) groups excluding carboxylic acids is 2. The third-order valence-electron chi connectivity index (χ3n) is 4.45. The fraction of sp³-hybridized carbons (Fsp3) is 0.500. The predicted molar refractivity (Wildman–Crippen MR) is 85.0 cm³/mol. The van der Waals surface area contributed by atoms with E-state index in [4.69, 9.17) is 0 Å². The van der Waals surface area contributed by atoms with Crippen LogP contribution in [0.3, 0.4) is 0 Å². The normalized spacial score (nSPS) is 24.9. The molecule has 1 aromatic carbocycles. The van der Waals surface area contributed by atoms with E-state index >= 15 is 0 Å². The molecule has 4 nitrogen and oxygen atoms in total. The molecule has 21 heavy (non-hydrogen) atoms. The molecule has 0 N–H and O–H groups in total. The Morgan fingerprint density at radius 3 is 2.57 bits per heavy atom. The molecule has 2 heterocycles. The number of benzene rings is 1. The van der Waals surface area contributed by atoms with E-state index in [1.807, 2.05) is 18.2 Å². The summed E-state index contributed by atoms with van der Waals surface area (Å²) >= 11 is 3.39. The lowest BCUT2D eigenvalue weighted by molar-refractivity contribution is -0.123. The van der Waals surface area contributed by atoms with E-state index in [-0.39, 0.29) is 17.9 Å². The Balaban J connectivity index is 1.79. The zero-order valence-electron chi connectivity index (χ0n) is 12.1. The number of hydrogen-bond donors (Lipinski definition) is 0. The topological polar surface area (TPSA) is 40.6 Å². The van der Waals surface area contributed by atoms with Crippen LogP contribution in [0.15, 0.2) is 28.7 Å². The van der Waals surface area contributed by atoms with Crippen LogP contribution < -0.4 is 4.90 Å². The van der Waals surface area contributed by atoms with Gasteiger partial charge in [0.15, 0.2) is 0 Å². The quantitative estimate of drug-likeness (QED) is 0.770. The van der Waals surface area contributed by atoms with Gasteiger partial charge >= 0.3 is 0 Å². The van der Waals surface area contributed by atoms with E-state index in [1.54, 1.807) is 6.07 Å². The average molecular weight is 351 g/mol. The molecular weight excluding hydrogens is 332 g/mol. The third kappa shape index (κ3) is 2.90. The Bertz CT molecular complexity index is 567. The van der Waals surface area contributed by atoms with E-state index in [9.17, 15) is 9.59 Å². The van der Waals surface area contributed by atoms with Crippen molar-refractivity contribution in [2.75, 3.05) is 18.0 Å². The molecular formula is C16H19BrN2O2. The molecule has 5 heteroatoms. The van der Waals surface area contributed by atoms with Gasteiger partial charge in [0.05, 0.1) is 18.2 Å². The van der Waals surface area contributed by atoms with E-state index in [0.29, 0.717) is 12.1 Å². The second-order valence-corrected chi connectivity index (χ2v) is 6.90. The number of imide groups is 1. The molecule has 0 aliphatic carbocycles. The summed E-state index contributed by atoms with van der Waals surface area (Å²) in [7, 11) is 0. The maximum absolute atomic E-state index is 12.7. The van der Waals surface area contributed by atoms with Gasteiger partial charge in [-0.2, -0.15) is 0 Å². The van der Waals surface area contributed by atoms with E-state index < -0.39 is 0 Å². The van der Waals surface area contributed by atoms with Gasteiger partial charge in [0.25, 0.3) is 5.91 Å². The summed E-state index contributed by atoms with van der Waals surface area (Å²) in [5.41, 5.74) is 0.659. The maximum atomic E-state index is 12.7. The number of carbonyl (C=O) groups is 2. The fourth-order valence-corrected chi connectivity index (χ4v) is 3.52. The van der Waals surface area contributed by atoms with E-state index in [2.05, 4.69) is 27.8 Å². The number of anilines is 1. The van der Waals surface area contributed by atoms with Crippen LogP contribution in [0.1, 0.15) is 26.2 Å². The lowest BCUT2D eigenvalue weighted by Crippen LogP contribution is -2.45. The number of hydrogen-bond acceptors (Lipinski definition) is 3. The SMILES string of the molecule is CC1CCN(C2CC(=O)N(c3cccc(Br)c3)C2=O)CC1. The fourth-order valence-electron chi connectivity index (χ4n) is 3.13. The number of rotatable bonds is 2. The zero-order valence-corrected chi connectivity index (χ0v) is 13.7. The first kappa shape index (κ1) is 14.7. The van der Waals surface area contributed by atoms with Gasteiger partial charge in [-0.3, -0.25) is 14.5 Å². The first-order valence-corrected chi connectivity index (χ1v) is 8.22. The Morgan fingerprint density at radius 2 is 1.90 bits per heavy atom. The van der Waals surface area contributed by atoms with Crippen molar-refractivity contribution in [3.8, 4) is 0 Å². The first-order chi connectivity index (χ1) is 10.1. The molecule has 1 unspecified atom stereocenters. The smallest absolute Gasteiger partial charge is 0.251 e. The van der Waals surface area contributed by atoms with Crippen molar-refractivity contribution in [3.05, 3.63) is 28.7 Å². The van der Waals surface area contributed by atoms with Gasteiger partial charge in [-0.05, 0) is 50.0 Å². The maximum Gasteiger partial charge on any atom is 0.251 e. The minimum atomic E-state index is -0.274. The minimum Gasteiger partial charge on any atom is -0.292 e. The van der Waals surface area contributed by atoms with Gasteiger partial charge in [0, 0.05) is 4.47 Å². The van der Waals surface area contributed by atoms with Crippen molar-refractivity contribution < 1.29 is 9.59 Å². The highest BCUT2D eigenvalue weighted by Crippen LogP contribution is 2.29. The number of nitrogens with zero attached hydrogens (tertiary/aromatic N) is 2. The molecule has 0 bridgehead atoms. The van der Waals surface area contributed by atoms with E-state index in [0.717, 1.165) is 36.3 Å². The number of likely N-dealkylation sites (tertiary alicyclic amines) is 1. The molecule has 2 saturated heterocycles. The Hall–Kier alpha value is -1.20. The second kappa shape index (κ2) is 5.89. The van der Waals surface area contributed by atoms with Gasteiger partial charge in [-0.15, -0.1) is 0 Å². The van der Waals surface area contributed by atoms with Crippen molar-refractivity contribution in [2.45, 2.75) is 32.2 Å². The summed E-state index contributed by atoms with van der Waals surface area (Å²) in [5, 5.41) is 0. The van der Waals surface area contributed by atoms with E-state index in [1.165, 1.54) is 4.90 Å². The second-order valence-electron chi connectivity index (χ2n) is 5.99. The molecule has 2 amide bonds. The summed E-state index contributed by atoms with van der Waals surface area (Å²) in [5.74, 6) is 0.545. The summed E-state index contributed by atoms with van der Waals surface area (Å²) in [6.45, 7) is 4.07. The van der Waals surface area contributed by atoms with Crippen molar-refractivity contribution in [1.82, 2.24) is 4.90 Å². The highest BCUT2D eigenvalue weighted by atomic mass is 79.9. The minimum absolute atomic E-state index is 0.0762. The van der Waals surface area contributed by atoms with Crippen LogP contribution in [0.25, 0.3) is 0 Å². The lowest BCUT2D eigenvalue weighted by Gasteiger charge is -2.33. The Morgan fingerprint density at radius 1 is 1.19 bits per heavy atom. The van der Waals surface area contributed by atoms with Gasteiger partial charge < -0.3 is 0 Å². The van der Waals surface area contributed by atoms with Crippen LogP contribution >= 0.6 is 15.9 Å². The Labute approximate surface area is 133 Å². The van der Waals surface area contributed by atoms with Crippen LogP contribution in [0.4, 0.5) is 5.69 Å². The first-order valence-electron chi connectivity index (χ1n) is 7.42. The van der Waals surface area contributed by atoms with Crippen LogP contribution in [0.2, 0.25) is 0 Å². The standard InChI is InChI=1S/C16H19BrN2O2/c1-11-5-7-18(8-6-11)14-10-15(20)19(16(14)21)13-4-2-3-12(17)9-13/h2-4,9,11,14H,5-8,10H2,1H3. The molecule has 0 radical (unpaired) electrons. The van der Waals surface area contributed by atoms with Crippen molar-refractivity contribution in [1.29, 1.82) is 0 Å². The molecule has 2 fully saturated rings. The van der Waals surface area contributed by atoms with Crippen molar-refractivity contribution in [2.24, 2.45) is 5.92 Å². The summed E-state index contributed by atoms with van der Waals surface area (Å²) in [4.78, 5) is 28.5. The van der Waals surface area contributed by atoms with Gasteiger partial charge in [0.2, 0.25) is 5.91 Å². The third-order valence-corrected chi connectivity index (χ3v) is 4.94. The summed E-state index contributed by atoms with van der Waals surface area (Å²) < 4.78 is 0.871. The van der Waals surface area contributed by atoms with Crippen molar-refractivity contribution >= 4 is 33.4 Å². The highest BCUT2D eigenvalue weighted by molar-refractivity contribution is 9.10. The number of piperidine rings is 1. The van der Waals surface area contributed by atoms with Crippen LogP contribution in [-0.2, 0) is 9.59 Å². The molecule has 112 valence electrons. The zero-order chi connectivity index (χ0) is 15.0. The Kier molecular flexibility index (Phi) is 4.13. The summed E-state index contributed by atoms with van der Waals surface area (Å²) in [6, 6.07) is 7.08.